The monoisotopic (exact) mass is 247 g/mol. The summed E-state index contributed by atoms with van der Waals surface area (Å²) in [7, 11) is 1.94. The molecule has 90 valence electrons. The normalized spacial score (nSPS) is 10.8. The summed E-state index contributed by atoms with van der Waals surface area (Å²) < 4.78 is 1.85. The molecular weight excluding hydrogens is 230 g/mol. The minimum absolute atomic E-state index is 0.654. The standard InChI is InChI=1S/C13H17N3S/c1-16-9-11(7-8-14)13(15-16)10-3-5-12(17-2)6-4-10/h3-6,9H,7-8,14H2,1-2H3. The van der Waals surface area contributed by atoms with Crippen LogP contribution >= 0.6 is 11.8 Å². The minimum atomic E-state index is 0.654. The average Bonchev–Trinajstić information content (AvgIpc) is 2.71. The number of hydrogen-bond acceptors (Lipinski definition) is 3. The van der Waals surface area contributed by atoms with E-state index in [2.05, 4.69) is 35.6 Å². The van der Waals surface area contributed by atoms with Crippen LogP contribution in [0.4, 0.5) is 0 Å². The number of benzene rings is 1. The second-order valence-corrected chi connectivity index (χ2v) is 4.82. The van der Waals surface area contributed by atoms with E-state index in [0.29, 0.717) is 6.54 Å². The highest BCUT2D eigenvalue weighted by atomic mass is 32.2. The third-order valence-corrected chi connectivity index (χ3v) is 3.43. The lowest BCUT2D eigenvalue weighted by Gasteiger charge is -2.02. The second-order valence-electron chi connectivity index (χ2n) is 3.94. The first kappa shape index (κ1) is 12.2. The maximum atomic E-state index is 5.62. The highest BCUT2D eigenvalue weighted by Crippen LogP contribution is 2.24. The van der Waals surface area contributed by atoms with Crippen molar-refractivity contribution in [2.75, 3.05) is 12.8 Å². The van der Waals surface area contributed by atoms with Crippen LogP contribution < -0.4 is 5.73 Å². The zero-order chi connectivity index (χ0) is 12.3. The first-order valence-corrected chi connectivity index (χ1v) is 6.84. The van der Waals surface area contributed by atoms with Gasteiger partial charge < -0.3 is 5.73 Å². The number of hydrogen-bond donors (Lipinski definition) is 1. The molecule has 1 aromatic heterocycles. The van der Waals surface area contributed by atoms with E-state index in [4.69, 9.17) is 5.73 Å². The summed E-state index contributed by atoms with van der Waals surface area (Å²) in [6.07, 6.45) is 4.99. The van der Waals surface area contributed by atoms with Gasteiger partial charge in [0.05, 0.1) is 5.69 Å². The Morgan fingerprint density at radius 1 is 1.29 bits per heavy atom. The van der Waals surface area contributed by atoms with Crippen molar-refractivity contribution in [2.45, 2.75) is 11.3 Å². The Labute approximate surface area is 106 Å². The van der Waals surface area contributed by atoms with E-state index in [-0.39, 0.29) is 0 Å². The van der Waals surface area contributed by atoms with Gasteiger partial charge in [0, 0.05) is 23.7 Å². The summed E-state index contributed by atoms with van der Waals surface area (Å²) in [6, 6.07) is 8.49. The molecule has 0 amide bonds. The molecule has 0 saturated heterocycles. The van der Waals surface area contributed by atoms with Crippen molar-refractivity contribution in [1.29, 1.82) is 0 Å². The van der Waals surface area contributed by atoms with Gasteiger partial charge in [-0.1, -0.05) is 12.1 Å². The van der Waals surface area contributed by atoms with Crippen molar-refractivity contribution < 1.29 is 0 Å². The molecule has 2 rings (SSSR count). The Morgan fingerprint density at radius 2 is 2.00 bits per heavy atom. The fraction of sp³-hybridized carbons (Fsp3) is 0.308. The third-order valence-electron chi connectivity index (χ3n) is 2.68. The Hall–Kier alpha value is -1.26. The lowest BCUT2D eigenvalue weighted by Crippen LogP contribution is -2.02. The van der Waals surface area contributed by atoms with Gasteiger partial charge in [0.15, 0.2) is 0 Å². The summed E-state index contributed by atoms with van der Waals surface area (Å²) in [5, 5.41) is 4.51. The number of thioether (sulfide) groups is 1. The van der Waals surface area contributed by atoms with Crippen LogP contribution in [0.15, 0.2) is 35.4 Å². The van der Waals surface area contributed by atoms with E-state index in [1.165, 1.54) is 10.5 Å². The van der Waals surface area contributed by atoms with Crippen LogP contribution in [0.2, 0.25) is 0 Å². The van der Waals surface area contributed by atoms with E-state index in [0.717, 1.165) is 17.7 Å². The fourth-order valence-electron chi connectivity index (χ4n) is 1.87. The van der Waals surface area contributed by atoms with Gasteiger partial charge in [-0.25, -0.2) is 0 Å². The van der Waals surface area contributed by atoms with Crippen LogP contribution in [0, 0.1) is 0 Å². The second kappa shape index (κ2) is 5.38. The molecule has 0 fully saturated rings. The maximum Gasteiger partial charge on any atom is 0.0955 e. The van der Waals surface area contributed by atoms with E-state index < -0.39 is 0 Å². The van der Waals surface area contributed by atoms with Gasteiger partial charge >= 0.3 is 0 Å². The van der Waals surface area contributed by atoms with Crippen LogP contribution in [0.3, 0.4) is 0 Å². The number of aryl methyl sites for hydroxylation is 1. The largest absolute Gasteiger partial charge is 0.330 e. The summed E-state index contributed by atoms with van der Waals surface area (Å²) in [5.41, 5.74) is 9.04. The summed E-state index contributed by atoms with van der Waals surface area (Å²) in [5.74, 6) is 0. The SMILES string of the molecule is CSc1ccc(-c2nn(C)cc2CCN)cc1. The van der Waals surface area contributed by atoms with Gasteiger partial charge in [-0.3, -0.25) is 4.68 Å². The fourth-order valence-corrected chi connectivity index (χ4v) is 2.28. The van der Waals surface area contributed by atoms with Gasteiger partial charge in [-0.15, -0.1) is 11.8 Å². The van der Waals surface area contributed by atoms with Crippen molar-refractivity contribution in [3.8, 4) is 11.3 Å². The van der Waals surface area contributed by atoms with E-state index >= 15 is 0 Å². The summed E-state index contributed by atoms with van der Waals surface area (Å²) in [6.45, 7) is 0.654. The number of aromatic nitrogens is 2. The third kappa shape index (κ3) is 2.70. The molecule has 0 bridgehead atoms. The van der Waals surface area contributed by atoms with Crippen LogP contribution in [0.5, 0.6) is 0 Å². The molecule has 3 nitrogen and oxygen atoms in total. The van der Waals surface area contributed by atoms with Crippen LogP contribution in [0.1, 0.15) is 5.56 Å². The van der Waals surface area contributed by atoms with E-state index in [1.807, 2.05) is 17.9 Å². The lowest BCUT2D eigenvalue weighted by molar-refractivity contribution is 0.769. The molecule has 4 heteroatoms. The smallest absolute Gasteiger partial charge is 0.0955 e. The highest BCUT2D eigenvalue weighted by molar-refractivity contribution is 7.98. The zero-order valence-electron chi connectivity index (χ0n) is 10.2. The predicted molar refractivity (Wildman–Crippen MR) is 73.2 cm³/mol. The molecular formula is C13H17N3S. The number of nitrogens with two attached hydrogens (primary N) is 1. The van der Waals surface area contributed by atoms with Crippen molar-refractivity contribution in [1.82, 2.24) is 9.78 Å². The highest BCUT2D eigenvalue weighted by Gasteiger charge is 2.09. The Balaban J connectivity index is 2.37. The number of rotatable bonds is 4. The average molecular weight is 247 g/mol. The van der Waals surface area contributed by atoms with Gasteiger partial charge in [0.2, 0.25) is 0 Å². The Morgan fingerprint density at radius 3 is 2.59 bits per heavy atom. The molecule has 2 aromatic rings. The molecule has 0 saturated carbocycles. The Bertz CT molecular complexity index is 488. The van der Waals surface area contributed by atoms with Gasteiger partial charge in [-0.2, -0.15) is 5.10 Å². The zero-order valence-corrected chi connectivity index (χ0v) is 11.0. The molecule has 2 N–H and O–H groups in total. The molecule has 0 aliphatic carbocycles. The van der Waals surface area contributed by atoms with E-state index in [9.17, 15) is 0 Å². The minimum Gasteiger partial charge on any atom is -0.330 e. The van der Waals surface area contributed by atoms with E-state index in [1.54, 1.807) is 11.8 Å². The molecule has 1 heterocycles. The van der Waals surface area contributed by atoms with Crippen molar-refractivity contribution in [2.24, 2.45) is 12.8 Å². The van der Waals surface area contributed by atoms with Gasteiger partial charge in [0.25, 0.3) is 0 Å². The van der Waals surface area contributed by atoms with Crippen LogP contribution in [0.25, 0.3) is 11.3 Å². The molecule has 0 radical (unpaired) electrons. The summed E-state index contributed by atoms with van der Waals surface area (Å²) >= 11 is 1.75. The molecule has 0 spiro atoms. The van der Waals surface area contributed by atoms with Crippen molar-refractivity contribution in [3.63, 3.8) is 0 Å². The molecule has 0 aliphatic heterocycles. The van der Waals surface area contributed by atoms with Crippen molar-refractivity contribution >= 4 is 11.8 Å². The van der Waals surface area contributed by atoms with Gasteiger partial charge in [-0.05, 0) is 36.9 Å². The maximum absolute atomic E-state index is 5.62. The summed E-state index contributed by atoms with van der Waals surface area (Å²) in [4.78, 5) is 1.27. The molecule has 17 heavy (non-hydrogen) atoms. The number of nitrogens with zero attached hydrogens (tertiary/aromatic N) is 2. The predicted octanol–water partition coefficient (Wildman–Crippen LogP) is 2.31. The lowest BCUT2D eigenvalue weighted by atomic mass is 10.1. The molecule has 1 aromatic carbocycles. The Kier molecular flexibility index (Phi) is 3.86. The van der Waals surface area contributed by atoms with Crippen molar-refractivity contribution in [3.05, 3.63) is 36.0 Å². The molecule has 0 aliphatic rings. The molecule has 0 unspecified atom stereocenters. The quantitative estimate of drug-likeness (QED) is 0.843. The first-order chi connectivity index (χ1) is 8.24. The topological polar surface area (TPSA) is 43.8 Å². The van der Waals surface area contributed by atoms with Crippen LogP contribution in [-0.2, 0) is 13.5 Å². The van der Waals surface area contributed by atoms with Gasteiger partial charge in [0.1, 0.15) is 0 Å². The first-order valence-electron chi connectivity index (χ1n) is 5.61. The molecule has 0 atom stereocenters. The van der Waals surface area contributed by atoms with Crippen LogP contribution in [-0.4, -0.2) is 22.6 Å².